The summed E-state index contributed by atoms with van der Waals surface area (Å²) in [6.07, 6.45) is 0.864. The number of nitrogens with zero attached hydrogens (tertiary/aromatic N) is 1. The second kappa shape index (κ2) is 8.07. The summed E-state index contributed by atoms with van der Waals surface area (Å²) in [6, 6.07) is 5.97. The van der Waals surface area contributed by atoms with E-state index in [-0.39, 0.29) is 0 Å². The second-order valence-corrected chi connectivity index (χ2v) is 4.72. The third-order valence-electron chi connectivity index (χ3n) is 2.35. The van der Waals surface area contributed by atoms with Crippen LogP contribution in [0.4, 0.5) is 5.69 Å². The van der Waals surface area contributed by atoms with E-state index < -0.39 is 0 Å². The van der Waals surface area contributed by atoms with Crippen molar-refractivity contribution >= 4 is 27.6 Å². The number of hydrazine groups is 1. The molecule has 100 valence electrons. The highest BCUT2D eigenvalue weighted by Crippen LogP contribution is 2.19. The van der Waals surface area contributed by atoms with E-state index in [0.717, 1.165) is 22.1 Å². The number of aliphatic imine (C=N–C) groups is 1. The minimum Gasteiger partial charge on any atom is -0.385 e. The average Bonchev–Trinajstić information content (AvgIpc) is 2.35. The third kappa shape index (κ3) is 5.03. The Morgan fingerprint density at radius 2 is 2.28 bits per heavy atom. The van der Waals surface area contributed by atoms with Gasteiger partial charge in [-0.1, -0.05) is 15.9 Å². The zero-order valence-corrected chi connectivity index (χ0v) is 12.3. The van der Waals surface area contributed by atoms with E-state index in [2.05, 4.69) is 31.7 Å². The van der Waals surface area contributed by atoms with Crippen molar-refractivity contribution in [2.45, 2.75) is 13.3 Å². The zero-order valence-electron chi connectivity index (χ0n) is 10.7. The number of guanidine groups is 1. The van der Waals surface area contributed by atoms with Gasteiger partial charge in [0.05, 0.1) is 0 Å². The maximum atomic E-state index is 5.43. The Kier molecular flexibility index (Phi) is 6.70. The van der Waals surface area contributed by atoms with Crippen LogP contribution in [0.3, 0.4) is 0 Å². The Bertz CT molecular complexity index is 409. The molecule has 18 heavy (non-hydrogen) atoms. The van der Waals surface area contributed by atoms with Gasteiger partial charge in [-0.05, 0) is 37.1 Å². The molecule has 0 atom stereocenters. The van der Waals surface area contributed by atoms with Crippen LogP contribution in [0, 0.1) is 6.92 Å². The van der Waals surface area contributed by atoms with Gasteiger partial charge < -0.3 is 10.1 Å². The lowest BCUT2D eigenvalue weighted by atomic mass is 10.2. The molecule has 5 nitrogen and oxygen atoms in total. The van der Waals surface area contributed by atoms with Crippen LogP contribution in [-0.4, -0.2) is 26.2 Å². The van der Waals surface area contributed by atoms with E-state index in [9.17, 15) is 0 Å². The number of aryl methyl sites for hydroxylation is 1. The summed E-state index contributed by atoms with van der Waals surface area (Å²) in [5, 5.41) is 3.15. The van der Waals surface area contributed by atoms with E-state index in [1.807, 2.05) is 25.1 Å². The standard InChI is InChI=1S/C12H19BrN4O/c1-9-8-10(13)4-5-11(9)16-12(17-14)15-6-3-7-18-2/h4-5,8H,3,6-7,14H2,1-2H3,(H2,15,16,17). The number of hydrogen-bond acceptors (Lipinski definition) is 3. The highest BCUT2D eigenvalue weighted by Gasteiger charge is 2.01. The number of nitrogens with two attached hydrogens (primary N) is 1. The number of rotatable bonds is 5. The van der Waals surface area contributed by atoms with Crippen molar-refractivity contribution in [1.29, 1.82) is 0 Å². The Hall–Kier alpha value is -1.11. The predicted octanol–water partition coefficient (Wildman–Crippen LogP) is 2.03. The summed E-state index contributed by atoms with van der Waals surface area (Å²) in [5.74, 6) is 5.98. The highest BCUT2D eigenvalue weighted by molar-refractivity contribution is 9.10. The molecule has 0 aliphatic heterocycles. The first-order chi connectivity index (χ1) is 8.67. The summed E-state index contributed by atoms with van der Waals surface area (Å²) in [4.78, 5) is 4.32. The normalized spacial score (nSPS) is 11.4. The Morgan fingerprint density at radius 1 is 1.50 bits per heavy atom. The van der Waals surface area contributed by atoms with Gasteiger partial charge in [0.25, 0.3) is 0 Å². The minimum atomic E-state index is 0.552. The van der Waals surface area contributed by atoms with Crippen molar-refractivity contribution in [2.24, 2.45) is 10.8 Å². The molecule has 0 aromatic heterocycles. The fourth-order valence-corrected chi connectivity index (χ4v) is 1.89. The Labute approximate surface area is 116 Å². The molecule has 0 amide bonds. The molecule has 4 N–H and O–H groups in total. The number of hydrogen-bond donors (Lipinski definition) is 3. The van der Waals surface area contributed by atoms with Crippen molar-refractivity contribution in [1.82, 2.24) is 5.43 Å². The van der Waals surface area contributed by atoms with Gasteiger partial charge in [-0.25, -0.2) is 5.84 Å². The van der Waals surface area contributed by atoms with E-state index in [4.69, 9.17) is 10.6 Å². The van der Waals surface area contributed by atoms with Gasteiger partial charge in [0.15, 0.2) is 0 Å². The van der Waals surface area contributed by atoms with Gasteiger partial charge >= 0.3 is 0 Å². The molecule has 0 radical (unpaired) electrons. The lowest BCUT2D eigenvalue weighted by Crippen LogP contribution is -2.36. The predicted molar refractivity (Wildman–Crippen MR) is 78.6 cm³/mol. The first-order valence-electron chi connectivity index (χ1n) is 5.70. The van der Waals surface area contributed by atoms with Gasteiger partial charge in [0, 0.05) is 30.4 Å². The van der Waals surface area contributed by atoms with Gasteiger partial charge in [0.1, 0.15) is 0 Å². The average molecular weight is 315 g/mol. The largest absolute Gasteiger partial charge is 0.385 e. The number of methoxy groups -OCH3 is 1. The highest BCUT2D eigenvalue weighted by atomic mass is 79.9. The van der Waals surface area contributed by atoms with Crippen LogP contribution < -0.4 is 16.6 Å². The molecule has 0 spiro atoms. The van der Waals surface area contributed by atoms with Crippen LogP contribution in [0.1, 0.15) is 12.0 Å². The summed E-state index contributed by atoms with van der Waals surface area (Å²) in [7, 11) is 1.68. The number of anilines is 1. The van der Waals surface area contributed by atoms with Crippen LogP contribution in [0.2, 0.25) is 0 Å². The van der Waals surface area contributed by atoms with Crippen molar-refractivity contribution < 1.29 is 4.74 Å². The molecular formula is C12H19BrN4O. The SMILES string of the molecule is COCCCN=C(NN)Nc1ccc(Br)cc1C. The van der Waals surface area contributed by atoms with Crippen LogP contribution in [0.25, 0.3) is 0 Å². The fourth-order valence-electron chi connectivity index (χ4n) is 1.42. The van der Waals surface area contributed by atoms with Gasteiger partial charge in [-0.15, -0.1) is 0 Å². The minimum absolute atomic E-state index is 0.552. The van der Waals surface area contributed by atoms with E-state index in [1.54, 1.807) is 7.11 Å². The topological polar surface area (TPSA) is 71.7 Å². The van der Waals surface area contributed by atoms with E-state index >= 15 is 0 Å². The van der Waals surface area contributed by atoms with Crippen LogP contribution in [0.15, 0.2) is 27.7 Å². The first-order valence-corrected chi connectivity index (χ1v) is 6.50. The van der Waals surface area contributed by atoms with Crippen molar-refractivity contribution in [3.05, 3.63) is 28.2 Å². The summed E-state index contributed by atoms with van der Waals surface area (Å²) in [5.41, 5.74) is 4.64. The molecule has 0 bridgehead atoms. The van der Waals surface area contributed by atoms with Gasteiger partial charge in [0.2, 0.25) is 5.96 Å². The molecular weight excluding hydrogens is 296 g/mol. The Balaban J connectivity index is 2.61. The molecule has 0 aliphatic rings. The maximum Gasteiger partial charge on any atom is 0.210 e. The number of halogens is 1. The van der Waals surface area contributed by atoms with Crippen LogP contribution >= 0.6 is 15.9 Å². The number of ether oxygens (including phenoxy) is 1. The smallest absolute Gasteiger partial charge is 0.210 e. The summed E-state index contributed by atoms with van der Waals surface area (Å²) in [6.45, 7) is 3.38. The molecule has 6 heteroatoms. The molecule has 0 saturated carbocycles. The van der Waals surface area contributed by atoms with E-state index in [1.165, 1.54) is 0 Å². The molecule has 0 unspecified atom stereocenters. The second-order valence-electron chi connectivity index (χ2n) is 3.81. The first kappa shape index (κ1) is 14.9. The monoisotopic (exact) mass is 314 g/mol. The van der Waals surface area contributed by atoms with Gasteiger partial charge in [-0.2, -0.15) is 0 Å². The van der Waals surface area contributed by atoms with Crippen molar-refractivity contribution in [2.75, 3.05) is 25.6 Å². The number of nitrogens with one attached hydrogen (secondary N) is 2. The van der Waals surface area contributed by atoms with Crippen LogP contribution in [0.5, 0.6) is 0 Å². The molecule has 0 heterocycles. The van der Waals surface area contributed by atoms with Crippen LogP contribution in [-0.2, 0) is 4.74 Å². The maximum absolute atomic E-state index is 5.43. The quantitative estimate of drug-likeness (QED) is 0.256. The van der Waals surface area contributed by atoms with Crippen molar-refractivity contribution in [3.8, 4) is 0 Å². The molecule has 1 aromatic carbocycles. The molecule has 1 rings (SSSR count). The lowest BCUT2D eigenvalue weighted by Gasteiger charge is -2.11. The molecule has 0 aliphatic carbocycles. The Morgan fingerprint density at radius 3 is 2.89 bits per heavy atom. The summed E-state index contributed by atoms with van der Waals surface area (Å²) < 4.78 is 6.01. The zero-order chi connectivity index (χ0) is 13.4. The third-order valence-corrected chi connectivity index (χ3v) is 2.85. The van der Waals surface area contributed by atoms with Gasteiger partial charge in [-0.3, -0.25) is 10.4 Å². The molecule has 0 fully saturated rings. The molecule has 1 aromatic rings. The fraction of sp³-hybridized carbons (Fsp3) is 0.417. The molecule has 0 saturated heterocycles. The van der Waals surface area contributed by atoms with E-state index in [0.29, 0.717) is 19.1 Å². The lowest BCUT2D eigenvalue weighted by molar-refractivity contribution is 0.197. The number of benzene rings is 1. The summed E-state index contributed by atoms with van der Waals surface area (Å²) >= 11 is 3.43. The van der Waals surface area contributed by atoms with Crippen molar-refractivity contribution in [3.63, 3.8) is 0 Å².